The number of amides is 3. The maximum absolute atomic E-state index is 15.5. The zero-order chi connectivity index (χ0) is 26.6. The lowest BCUT2D eigenvalue weighted by Gasteiger charge is -2.28. The van der Waals surface area contributed by atoms with Gasteiger partial charge in [0.1, 0.15) is 12.6 Å². The Labute approximate surface area is 216 Å². The SMILES string of the molecule is Cc1cccnc1-c1cccc(N(F)C(=O)[C@@H]2C[C@H]3C[C@H]3N2C(=O)Cn2nc(C(N)=O)c3ccncc32)c1. The van der Waals surface area contributed by atoms with Crippen LogP contribution in [0.15, 0.2) is 61.1 Å². The average Bonchev–Trinajstić information content (AvgIpc) is 3.43. The lowest BCUT2D eigenvalue weighted by molar-refractivity contribution is -0.140. The van der Waals surface area contributed by atoms with E-state index in [0.29, 0.717) is 28.6 Å². The van der Waals surface area contributed by atoms with Crippen molar-refractivity contribution in [2.24, 2.45) is 11.7 Å². The highest BCUT2D eigenvalue weighted by Crippen LogP contribution is 2.48. The number of rotatable bonds is 6. The van der Waals surface area contributed by atoms with Gasteiger partial charge in [-0.25, -0.2) is 0 Å². The van der Waals surface area contributed by atoms with Crippen molar-refractivity contribution in [2.45, 2.75) is 38.4 Å². The van der Waals surface area contributed by atoms with Gasteiger partial charge in [0, 0.05) is 29.4 Å². The lowest BCUT2D eigenvalue weighted by Crippen LogP contribution is -2.48. The molecule has 4 heterocycles. The van der Waals surface area contributed by atoms with E-state index in [4.69, 9.17) is 5.73 Å². The first kappa shape index (κ1) is 23.7. The molecule has 3 atom stereocenters. The summed E-state index contributed by atoms with van der Waals surface area (Å²) < 4.78 is 16.9. The van der Waals surface area contributed by atoms with Crippen LogP contribution in [0.25, 0.3) is 22.2 Å². The number of likely N-dealkylation sites (tertiary alicyclic amines) is 1. The number of nitrogens with zero attached hydrogens (tertiary/aromatic N) is 6. The van der Waals surface area contributed by atoms with Crippen molar-refractivity contribution in [3.05, 3.63) is 72.3 Å². The van der Waals surface area contributed by atoms with Gasteiger partial charge in [0.15, 0.2) is 5.69 Å². The minimum absolute atomic E-state index is 0.0338. The largest absolute Gasteiger partial charge is 0.364 e. The number of pyridine rings is 2. The zero-order valence-corrected chi connectivity index (χ0v) is 20.5. The second-order valence-electron chi connectivity index (χ2n) is 9.72. The fraction of sp³-hybridized carbons (Fsp3) is 0.259. The molecule has 1 saturated carbocycles. The van der Waals surface area contributed by atoms with Crippen LogP contribution in [0.3, 0.4) is 0 Å². The van der Waals surface area contributed by atoms with Gasteiger partial charge in [-0.3, -0.25) is 29.0 Å². The number of carbonyl (C=O) groups excluding carboxylic acids is 3. The van der Waals surface area contributed by atoms with E-state index in [1.165, 1.54) is 28.0 Å². The molecule has 0 bridgehead atoms. The van der Waals surface area contributed by atoms with Crippen LogP contribution in [0, 0.1) is 12.8 Å². The Hall–Kier alpha value is -4.67. The molecule has 2 aliphatic rings. The molecule has 0 unspecified atom stereocenters. The molecule has 3 aromatic heterocycles. The molecule has 38 heavy (non-hydrogen) atoms. The molecule has 11 heteroatoms. The number of hydrogen-bond donors (Lipinski definition) is 1. The van der Waals surface area contributed by atoms with Crippen molar-refractivity contribution < 1.29 is 18.9 Å². The molecular formula is C27H24FN7O3. The van der Waals surface area contributed by atoms with Crippen molar-refractivity contribution in [2.75, 3.05) is 5.12 Å². The van der Waals surface area contributed by atoms with Crippen molar-refractivity contribution >= 4 is 34.3 Å². The number of primary amides is 1. The summed E-state index contributed by atoms with van der Waals surface area (Å²) in [6.07, 6.45) is 5.82. The van der Waals surface area contributed by atoms with Crippen LogP contribution in [0.2, 0.25) is 0 Å². The summed E-state index contributed by atoms with van der Waals surface area (Å²) in [4.78, 5) is 48.6. The number of halogens is 1. The summed E-state index contributed by atoms with van der Waals surface area (Å²) in [7, 11) is 0. The predicted octanol–water partition coefficient (Wildman–Crippen LogP) is 2.81. The third kappa shape index (κ3) is 3.96. The molecule has 1 aliphatic carbocycles. The number of benzene rings is 1. The topological polar surface area (TPSA) is 127 Å². The van der Waals surface area contributed by atoms with Gasteiger partial charge in [-0.1, -0.05) is 22.7 Å². The summed E-state index contributed by atoms with van der Waals surface area (Å²) in [5.41, 5.74) is 8.34. The van der Waals surface area contributed by atoms with Crippen LogP contribution in [0.1, 0.15) is 28.9 Å². The van der Waals surface area contributed by atoms with Gasteiger partial charge < -0.3 is 10.6 Å². The van der Waals surface area contributed by atoms with Crippen molar-refractivity contribution in [1.29, 1.82) is 0 Å². The molecule has 6 rings (SSSR count). The summed E-state index contributed by atoms with van der Waals surface area (Å²) in [6, 6.07) is 10.8. The maximum Gasteiger partial charge on any atom is 0.277 e. The van der Waals surface area contributed by atoms with Crippen LogP contribution < -0.4 is 10.9 Å². The smallest absolute Gasteiger partial charge is 0.277 e. The van der Waals surface area contributed by atoms with Crippen LogP contribution in [-0.2, 0) is 16.1 Å². The molecular weight excluding hydrogens is 489 g/mol. The molecule has 2 fully saturated rings. The van der Waals surface area contributed by atoms with E-state index in [-0.39, 0.29) is 40.9 Å². The normalized spacial score (nSPS) is 19.8. The van der Waals surface area contributed by atoms with Gasteiger partial charge >= 0.3 is 0 Å². The van der Waals surface area contributed by atoms with Crippen LogP contribution in [0.5, 0.6) is 0 Å². The quantitative estimate of drug-likeness (QED) is 0.395. The van der Waals surface area contributed by atoms with Crippen LogP contribution in [0.4, 0.5) is 10.2 Å². The molecule has 1 aliphatic heterocycles. The zero-order valence-electron chi connectivity index (χ0n) is 20.5. The summed E-state index contributed by atoms with van der Waals surface area (Å²) in [5.74, 6) is -1.75. The number of carbonyl (C=O) groups is 3. The van der Waals surface area contributed by atoms with Gasteiger partial charge in [0.25, 0.3) is 11.8 Å². The second-order valence-corrected chi connectivity index (χ2v) is 9.72. The fourth-order valence-corrected chi connectivity index (χ4v) is 5.39. The molecule has 0 spiro atoms. The number of anilines is 1. The van der Waals surface area contributed by atoms with Crippen molar-refractivity contribution in [3.8, 4) is 11.3 Å². The number of aryl methyl sites for hydroxylation is 1. The monoisotopic (exact) mass is 513 g/mol. The molecule has 192 valence electrons. The minimum atomic E-state index is -0.938. The van der Waals surface area contributed by atoms with Crippen molar-refractivity contribution in [1.82, 2.24) is 24.6 Å². The van der Waals surface area contributed by atoms with Gasteiger partial charge in [-0.05, 0) is 55.5 Å². The van der Waals surface area contributed by atoms with Crippen LogP contribution >= 0.6 is 0 Å². The molecule has 1 saturated heterocycles. The number of hydrogen-bond acceptors (Lipinski definition) is 6. The highest BCUT2D eigenvalue weighted by Gasteiger charge is 2.57. The molecule has 3 amide bonds. The minimum Gasteiger partial charge on any atom is -0.364 e. The van der Waals surface area contributed by atoms with Gasteiger partial charge in [-0.2, -0.15) is 5.10 Å². The molecule has 0 radical (unpaired) electrons. The van der Waals surface area contributed by atoms with E-state index in [2.05, 4.69) is 15.1 Å². The molecule has 1 aromatic carbocycles. The number of nitrogens with two attached hydrogens (primary N) is 1. The predicted molar refractivity (Wildman–Crippen MR) is 136 cm³/mol. The first-order valence-corrected chi connectivity index (χ1v) is 12.3. The Morgan fingerprint density at radius 3 is 2.76 bits per heavy atom. The first-order valence-electron chi connectivity index (χ1n) is 12.3. The molecule has 2 N–H and O–H groups in total. The van der Waals surface area contributed by atoms with E-state index in [1.807, 2.05) is 19.1 Å². The van der Waals surface area contributed by atoms with Crippen molar-refractivity contribution in [3.63, 3.8) is 0 Å². The maximum atomic E-state index is 15.5. The van der Waals surface area contributed by atoms with Gasteiger partial charge in [0.2, 0.25) is 5.91 Å². The lowest BCUT2D eigenvalue weighted by atomic mass is 10.1. The summed E-state index contributed by atoms with van der Waals surface area (Å²) >= 11 is 0. The third-order valence-corrected chi connectivity index (χ3v) is 7.30. The number of aromatic nitrogens is 4. The number of fused-ring (bicyclic) bond motifs is 2. The standard InChI is InChI=1S/C27H24FN7O3/c1-15-4-3-8-31-24(15)16-5-2-6-18(10-16)35(28)27(38)21-12-17-11-20(17)34(21)23(36)14-33-22-13-30-9-7-19(22)25(32-33)26(29)37/h2-10,13,17,20-21H,11-12,14H2,1H3,(H2,29,37)/t17-,20-,21+/m1/s1. The summed E-state index contributed by atoms with van der Waals surface area (Å²) in [5, 5.41) is 4.82. The highest BCUT2D eigenvalue weighted by atomic mass is 19.2. The van der Waals surface area contributed by atoms with Gasteiger partial charge in [-0.15, -0.1) is 5.12 Å². The second kappa shape index (κ2) is 9.02. The third-order valence-electron chi connectivity index (χ3n) is 7.30. The molecule has 4 aromatic rings. The fourth-order valence-electron chi connectivity index (χ4n) is 5.39. The van der Waals surface area contributed by atoms with E-state index < -0.39 is 17.9 Å². The first-order chi connectivity index (χ1) is 18.3. The Kier molecular flexibility index (Phi) is 5.63. The highest BCUT2D eigenvalue weighted by molar-refractivity contribution is 6.04. The van der Waals surface area contributed by atoms with Crippen LogP contribution in [-0.4, -0.2) is 54.5 Å². The van der Waals surface area contributed by atoms with E-state index in [9.17, 15) is 14.4 Å². The average molecular weight is 514 g/mol. The molecule has 10 nitrogen and oxygen atoms in total. The van der Waals surface area contributed by atoms with E-state index >= 15 is 4.48 Å². The van der Waals surface area contributed by atoms with E-state index in [0.717, 1.165) is 12.0 Å². The van der Waals surface area contributed by atoms with Gasteiger partial charge in [0.05, 0.1) is 23.1 Å². The van der Waals surface area contributed by atoms with E-state index in [1.54, 1.807) is 30.5 Å². The Balaban J connectivity index is 1.25. The number of piperidine rings is 1. The Bertz CT molecular complexity index is 1600. The summed E-state index contributed by atoms with van der Waals surface area (Å²) in [6.45, 7) is 1.68. The Morgan fingerprint density at radius 2 is 1.97 bits per heavy atom. The Morgan fingerprint density at radius 1 is 1.13 bits per heavy atom.